The summed E-state index contributed by atoms with van der Waals surface area (Å²) in [7, 11) is 4.61. The van der Waals surface area contributed by atoms with Crippen LogP contribution in [0.5, 0.6) is 23.0 Å². The standard InChI is InChI=1S/C26H27ClN2O5/c1-31-19-12-23(32-2)26(24(13-19)33-3)28-25(30)14-20-16-29(15-17-7-5-4-6-8-17)21-11-18(27)9-10-22(21)34-20/h4-13,20H,14-16H2,1-3H3,(H,28,30). The van der Waals surface area contributed by atoms with E-state index >= 15 is 0 Å². The highest BCUT2D eigenvalue weighted by atomic mass is 35.5. The number of carbonyl (C=O) groups is 1. The maximum atomic E-state index is 13.0. The molecule has 0 radical (unpaired) electrons. The molecule has 3 aromatic rings. The number of halogens is 1. The molecule has 1 aliphatic heterocycles. The van der Waals surface area contributed by atoms with Crippen LogP contribution in [-0.2, 0) is 11.3 Å². The lowest BCUT2D eigenvalue weighted by atomic mass is 10.1. The van der Waals surface area contributed by atoms with E-state index in [1.54, 1.807) is 25.3 Å². The smallest absolute Gasteiger partial charge is 0.228 e. The molecule has 1 N–H and O–H groups in total. The van der Waals surface area contributed by atoms with Gasteiger partial charge in [-0.25, -0.2) is 0 Å². The molecule has 1 heterocycles. The molecule has 1 amide bonds. The zero-order chi connectivity index (χ0) is 24.1. The fraction of sp³-hybridized carbons (Fsp3) is 0.269. The molecule has 34 heavy (non-hydrogen) atoms. The van der Waals surface area contributed by atoms with Crippen molar-refractivity contribution < 1.29 is 23.7 Å². The normalized spacial score (nSPS) is 14.6. The highest BCUT2D eigenvalue weighted by molar-refractivity contribution is 6.31. The van der Waals surface area contributed by atoms with Crippen LogP contribution >= 0.6 is 11.6 Å². The van der Waals surface area contributed by atoms with Crippen LogP contribution in [0.15, 0.2) is 60.7 Å². The Labute approximate surface area is 204 Å². The van der Waals surface area contributed by atoms with Crippen molar-refractivity contribution in [3.63, 3.8) is 0 Å². The fourth-order valence-corrected chi connectivity index (χ4v) is 4.15. The number of amides is 1. The van der Waals surface area contributed by atoms with Crippen molar-refractivity contribution in [3.8, 4) is 23.0 Å². The molecule has 0 fully saturated rings. The number of ether oxygens (including phenoxy) is 4. The molecule has 4 rings (SSSR count). The Kier molecular flexibility index (Phi) is 7.33. The van der Waals surface area contributed by atoms with Crippen LogP contribution < -0.4 is 29.2 Å². The third kappa shape index (κ3) is 5.31. The van der Waals surface area contributed by atoms with Crippen molar-refractivity contribution in [2.75, 3.05) is 38.1 Å². The van der Waals surface area contributed by atoms with Gasteiger partial charge in [0.1, 0.15) is 34.8 Å². The van der Waals surface area contributed by atoms with Crippen LogP contribution in [0, 0.1) is 0 Å². The Hall–Kier alpha value is -3.58. The molecule has 0 spiro atoms. The van der Waals surface area contributed by atoms with Gasteiger partial charge in [-0.15, -0.1) is 0 Å². The van der Waals surface area contributed by atoms with E-state index in [0.717, 1.165) is 11.3 Å². The van der Waals surface area contributed by atoms with Gasteiger partial charge in [0.25, 0.3) is 0 Å². The number of hydrogen-bond acceptors (Lipinski definition) is 6. The summed E-state index contributed by atoms with van der Waals surface area (Å²) in [6.07, 6.45) is -0.210. The molecule has 0 saturated heterocycles. The zero-order valence-corrected chi connectivity index (χ0v) is 20.1. The van der Waals surface area contributed by atoms with Crippen molar-refractivity contribution in [1.29, 1.82) is 0 Å². The lowest BCUT2D eigenvalue weighted by Gasteiger charge is -2.36. The van der Waals surface area contributed by atoms with Crippen LogP contribution in [0.3, 0.4) is 0 Å². The predicted molar refractivity (Wildman–Crippen MR) is 133 cm³/mol. The number of methoxy groups -OCH3 is 3. The van der Waals surface area contributed by atoms with Crippen LogP contribution in [0.4, 0.5) is 11.4 Å². The van der Waals surface area contributed by atoms with Gasteiger partial charge in [-0.2, -0.15) is 0 Å². The van der Waals surface area contributed by atoms with Crippen molar-refractivity contribution >= 4 is 28.9 Å². The number of benzene rings is 3. The molecule has 7 nitrogen and oxygen atoms in total. The summed E-state index contributed by atoms with van der Waals surface area (Å²) < 4.78 is 22.3. The van der Waals surface area contributed by atoms with Gasteiger partial charge < -0.3 is 29.2 Å². The second kappa shape index (κ2) is 10.6. The van der Waals surface area contributed by atoms with Gasteiger partial charge in [0.2, 0.25) is 5.91 Å². The number of nitrogens with one attached hydrogen (secondary N) is 1. The average molecular weight is 483 g/mol. The molecule has 0 saturated carbocycles. The van der Waals surface area contributed by atoms with E-state index < -0.39 is 0 Å². The van der Waals surface area contributed by atoms with Gasteiger partial charge >= 0.3 is 0 Å². The van der Waals surface area contributed by atoms with Gasteiger partial charge in [0.05, 0.1) is 40.0 Å². The van der Waals surface area contributed by atoms with E-state index in [4.69, 9.17) is 30.5 Å². The lowest BCUT2D eigenvalue weighted by Crippen LogP contribution is -2.41. The first-order valence-corrected chi connectivity index (χ1v) is 11.2. The molecule has 0 bridgehead atoms. The van der Waals surface area contributed by atoms with E-state index in [0.29, 0.717) is 46.8 Å². The Bertz CT molecular complexity index is 1130. The Morgan fingerprint density at radius 1 is 1.03 bits per heavy atom. The summed E-state index contributed by atoms with van der Waals surface area (Å²) in [6, 6.07) is 19.1. The zero-order valence-electron chi connectivity index (χ0n) is 19.3. The number of fused-ring (bicyclic) bond motifs is 1. The van der Waals surface area contributed by atoms with E-state index in [2.05, 4.69) is 22.3 Å². The monoisotopic (exact) mass is 482 g/mol. The molecule has 1 atom stereocenters. The van der Waals surface area contributed by atoms with Gasteiger partial charge in [0.15, 0.2) is 0 Å². The number of nitrogens with zero attached hydrogens (tertiary/aromatic N) is 1. The minimum Gasteiger partial charge on any atom is -0.496 e. The van der Waals surface area contributed by atoms with Crippen LogP contribution in [0.2, 0.25) is 5.02 Å². The number of hydrogen-bond donors (Lipinski definition) is 1. The van der Waals surface area contributed by atoms with Gasteiger partial charge in [0, 0.05) is 23.7 Å². The average Bonchev–Trinajstić information content (AvgIpc) is 2.85. The van der Waals surface area contributed by atoms with Gasteiger partial charge in [-0.1, -0.05) is 41.9 Å². The molecule has 178 valence electrons. The van der Waals surface area contributed by atoms with Crippen molar-refractivity contribution in [1.82, 2.24) is 0 Å². The lowest BCUT2D eigenvalue weighted by molar-refractivity contribution is -0.117. The molecular weight excluding hydrogens is 456 g/mol. The minimum absolute atomic E-state index is 0.145. The van der Waals surface area contributed by atoms with Crippen LogP contribution in [-0.4, -0.2) is 39.9 Å². The molecule has 0 aliphatic carbocycles. The minimum atomic E-state index is -0.354. The number of anilines is 2. The van der Waals surface area contributed by atoms with Gasteiger partial charge in [-0.3, -0.25) is 4.79 Å². The van der Waals surface area contributed by atoms with E-state index in [9.17, 15) is 4.79 Å². The Morgan fingerprint density at radius 2 is 1.74 bits per heavy atom. The summed E-state index contributed by atoms with van der Waals surface area (Å²) in [6.45, 7) is 1.21. The predicted octanol–water partition coefficient (Wildman–Crippen LogP) is 5.16. The second-order valence-corrected chi connectivity index (χ2v) is 8.31. The van der Waals surface area contributed by atoms with Crippen molar-refractivity contribution in [2.24, 2.45) is 0 Å². The third-order valence-electron chi connectivity index (χ3n) is 5.59. The van der Waals surface area contributed by atoms with Crippen molar-refractivity contribution in [2.45, 2.75) is 19.1 Å². The quantitative estimate of drug-likeness (QED) is 0.478. The fourth-order valence-electron chi connectivity index (χ4n) is 3.98. The maximum absolute atomic E-state index is 13.0. The molecule has 8 heteroatoms. The summed E-state index contributed by atoms with van der Waals surface area (Å²) in [5, 5.41) is 3.55. The highest BCUT2D eigenvalue weighted by Crippen LogP contribution is 2.40. The molecular formula is C26H27ClN2O5. The van der Waals surface area contributed by atoms with E-state index in [1.807, 2.05) is 30.3 Å². The second-order valence-electron chi connectivity index (χ2n) is 7.88. The SMILES string of the molecule is COc1cc(OC)c(NC(=O)CC2CN(Cc3ccccc3)c3cc(Cl)ccc3O2)c(OC)c1. The molecule has 0 aromatic heterocycles. The molecule has 1 aliphatic rings. The number of carbonyl (C=O) groups excluding carboxylic acids is 1. The molecule has 3 aromatic carbocycles. The van der Waals surface area contributed by atoms with Gasteiger partial charge in [-0.05, 0) is 23.8 Å². The van der Waals surface area contributed by atoms with E-state index in [1.165, 1.54) is 14.2 Å². The first-order valence-electron chi connectivity index (χ1n) is 10.9. The maximum Gasteiger partial charge on any atom is 0.228 e. The van der Waals surface area contributed by atoms with Crippen LogP contribution in [0.1, 0.15) is 12.0 Å². The van der Waals surface area contributed by atoms with Crippen LogP contribution in [0.25, 0.3) is 0 Å². The highest BCUT2D eigenvalue weighted by Gasteiger charge is 2.28. The van der Waals surface area contributed by atoms with E-state index in [-0.39, 0.29) is 18.4 Å². The summed E-state index contributed by atoms with van der Waals surface area (Å²) in [5.41, 5.74) is 2.51. The summed E-state index contributed by atoms with van der Waals surface area (Å²) in [5.74, 6) is 1.93. The summed E-state index contributed by atoms with van der Waals surface area (Å²) in [4.78, 5) is 15.2. The third-order valence-corrected chi connectivity index (χ3v) is 5.82. The van der Waals surface area contributed by atoms with Crippen molar-refractivity contribution in [3.05, 3.63) is 71.2 Å². The Morgan fingerprint density at radius 3 is 2.38 bits per heavy atom. The topological polar surface area (TPSA) is 69.3 Å². The largest absolute Gasteiger partial charge is 0.496 e. The first kappa shape index (κ1) is 23.6. The number of rotatable bonds is 8. The molecule has 1 unspecified atom stereocenters. The Balaban J connectivity index is 1.53. The first-order chi connectivity index (χ1) is 16.5. The summed E-state index contributed by atoms with van der Waals surface area (Å²) >= 11 is 6.26.